The summed E-state index contributed by atoms with van der Waals surface area (Å²) in [6, 6.07) is 7.79. The highest BCUT2D eigenvalue weighted by Gasteiger charge is 2.18. The Morgan fingerprint density at radius 2 is 2.06 bits per heavy atom. The number of nitrogen functional groups attached to an aromatic ring is 1. The second-order valence-corrected chi connectivity index (χ2v) is 7.64. The molecule has 0 saturated heterocycles. The first-order chi connectivity index (χ1) is 14.6. The smallest absolute Gasteiger partial charge is 0.260 e. The molecule has 8 nitrogen and oxygen atoms in total. The van der Waals surface area contributed by atoms with E-state index in [1.165, 1.54) is 4.68 Å². The Labute approximate surface area is 186 Å². The third kappa shape index (κ3) is 5.08. The Balaban J connectivity index is 0.000000225. The molecule has 0 unspecified atom stereocenters. The van der Waals surface area contributed by atoms with Gasteiger partial charge >= 0.3 is 0 Å². The number of fused-ring (bicyclic) bond motifs is 1. The van der Waals surface area contributed by atoms with Gasteiger partial charge in [0.15, 0.2) is 5.82 Å². The van der Waals surface area contributed by atoms with Crippen molar-refractivity contribution < 1.29 is 4.79 Å². The monoisotopic (exact) mass is 444 g/mol. The zero-order valence-electron chi connectivity index (χ0n) is 18.3. The van der Waals surface area contributed by atoms with Crippen molar-refractivity contribution in [3.8, 4) is 0 Å². The van der Waals surface area contributed by atoms with Crippen LogP contribution in [0.2, 0.25) is 5.02 Å². The maximum absolute atomic E-state index is 12.4. The second-order valence-electron chi connectivity index (χ2n) is 7.23. The number of carbonyl (C=O) groups is 1. The van der Waals surface area contributed by atoms with Gasteiger partial charge in [-0.3, -0.25) is 14.3 Å². The topological polar surface area (TPSA) is 121 Å². The van der Waals surface area contributed by atoms with Crippen LogP contribution in [0.25, 0.3) is 10.8 Å². The molecule has 5 N–H and O–H groups in total. The lowest BCUT2D eigenvalue weighted by Crippen LogP contribution is -2.25. The van der Waals surface area contributed by atoms with Crippen LogP contribution in [0.1, 0.15) is 42.9 Å². The Morgan fingerprint density at radius 1 is 1.39 bits per heavy atom. The normalized spacial score (nSPS) is 10.6. The molecule has 1 aromatic carbocycles. The largest absolute Gasteiger partial charge is 0.381 e. The molecule has 2 aromatic heterocycles. The Kier molecular flexibility index (Phi) is 7.88. The molecule has 3 aromatic rings. The molecular weight excluding hydrogens is 416 g/mol. The first kappa shape index (κ1) is 24.0. The van der Waals surface area contributed by atoms with Gasteiger partial charge in [0.2, 0.25) is 0 Å². The Hall–Kier alpha value is -3.26. The highest BCUT2D eigenvalue weighted by Crippen LogP contribution is 2.22. The molecule has 9 heteroatoms. The summed E-state index contributed by atoms with van der Waals surface area (Å²) in [5, 5.41) is 8.90. The van der Waals surface area contributed by atoms with Gasteiger partial charge in [-0.2, -0.15) is 5.10 Å². The summed E-state index contributed by atoms with van der Waals surface area (Å²) in [5.74, 6) is 0.0450. The van der Waals surface area contributed by atoms with Gasteiger partial charge in [-0.25, -0.2) is 0 Å². The number of nitrogens with one attached hydrogen (secondary N) is 1. The summed E-state index contributed by atoms with van der Waals surface area (Å²) in [6.07, 6.45) is 2.50. The number of benzene rings is 1. The molecule has 0 aliphatic carbocycles. The fraction of sp³-hybridized carbons (Fsp3) is 0.318. The number of nitrogens with two attached hydrogens (primary N) is 2. The lowest BCUT2D eigenvalue weighted by atomic mass is 10.1. The number of carbonyl (C=O) groups excluding carboxylic acids is 1. The van der Waals surface area contributed by atoms with Crippen LogP contribution in [0.15, 0.2) is 41.7 Å². The average Bonchev–Trinajstić information content (AvgIpc) is 2.99. The first-order valence-electron chi connectivity index (χ1n) is 9.93. The zero-order chi connectivity index (χ0) is 23.3. The standard InChI is InChI=1S/C14H16ClNO.C8H13N5O/c1-4-11-8-10-6-5-7-12(15)13(10)14(17)16(11)9(2)3;1-3-4-11-8-5(7(10)14)6(9)12-13(8)2/h5-9H,4H2,1-3H3;3,11H,1,4H2,2H3,(H2,9,12)(H2,10,14). The Bertz CT molecular complexity index is 1160. The van der Waals surface area contributed by atoms with Gasteiger partial charge in [-0.05, 0) is 37.8 Å². The van der Waals surface area contributed by atoms with Crippen molar-refractivity contribution in [2.24, 2.45) is 12.8 Å². The van der Waals surface area contributed by atoms with Gasteiger partial charge in [0.25, 0.3) is 11.5 Å². The van der Waals surface area contributed by atoms with Crippen molar-refractivity contribution in [1.29, 1.82) is 0 Å². The SMILES string of the molecule is C=CCNc1c(C(N)=O)c(N)nn1C.CCc1cc2cccc(Cl)c2c(=O)n1C(C)C. The Morgan fingerprint density at radius 3 is 2.61 bits per heavy atom. The second kappa shape index (κ2) is 10.2. The third-order valence-corrected chi connectivity index (χ3v) is 5.04. The summed E-state index contributed by atoms with van der Waals surface area (Å²) < 4.78 is 3.30. The number of rotatable bonds is 6. The highest BCUT2D eigenvalue weighted by molar-refractivity contribution is 6.35. The van der Waals surface area contributed by atoms with E-state index < -0.39 is 5.91 Å². The molecule has 166 valence electrons. The summed E-state index contributed by atoms with van der Waals surface area (Å²) in [4.78, 5) is 23.5. The van der Waals surface area contributed by atoms with Crippen LogP contribution in [0.3, 0.4) is 0 Å². The molecule has 0 radical (unpaired) electrons. The van der Waals surface area contributed by atoms with Crippen molar-refractivity contribution in [1.82, 2.24) is 14.3 Å². The van der Waals surface area contributed by atoms with Gasteiger partial charge in [-0.1, -0.05) is 36.7 Å². The minimum Gasteiger partial charge on any atom is -0.381 e. The van der Waals surface area contributed by atoms with Gasteiger partial charge in [0, 0.05) is 25.3 Å². The summed E-state index contributed by atoms with van der Waals surface area (Å²) >= 11 is 6.12. The number of hydrogen-bond donors (Lipinski definition) is 3. The van der Waals surface area contributed by atoms with Crippen LogP contribution in [-0.4, -0.2) is 26.8 Å². The predicted octanol–water partition coefficient (Wildman–Crippen LogP) is 3.50. The van der Waals surface area contributed by atoms with Crippen molar-refractivity contribution in [2.75, 3.05) is 17.6 Å². The van der Waals surface area contributed by atoms with Crippen molar-refractivity contribution in [3.05, 3.63) is 63.6 Å². The molecule has 0 bridgehead atoms. The van der Waals surface area contributed by atoms with Gasteiger partial charge in [0.1, 0.15) is 11.4 Å². The van der Waals surface area contributed by atoms with Crippen LogP contribution in [0.5, 0.6) is 0 Å². The van der Waals surface area contributed by atoms with Crippen LogP contribution in [-0.2, 0) is 13.5 Å². The van der Waals surface area contributed by atoms with Gasteiger partial charge in [0.05, 0.1) is 10.4 Å². The van der Waals surface area contributed by atoms with Crippen LogP contribution < -0.4 is 22.3 Å². The number of hydrogen-bond acceptors (Lipinski definition) is 5. The van der Waals surface area contributed by atoms with E-state index in [2.05, 4.69) is 30.0 Å². The van der Waals surface area contributed by atoms with E-state index in [0.29, 0.717) is 22.8 Å². The summed E-state index contributed by atoms with van der Waals surface area (Å²) in [5.41, 5.74) is 12.0. The number of primary amides is 1. The number of anilines is 2. The number of nitrogens with zero attached hydrogens (tertiary/aromatic N) is 3. The molecule has 31 heavy (non-hydrogen) atoms. The highest BCUT2D eigenvalue weighted by atomic mass is 35.5. The van der Waals surface area contributed by atoms with E-state index in [0.717, 1.165) is 17.5 Å². The van der Waals surface area contributed by atoms with Crippen molar-refractivity contribution in [2.45, 2.75) is 33.2 Å². The van der Waals surface area contributed by atoms with Crippen molar-refractivity contribution in [3.63, 3.8) is 0 Å². The van der Waals surface area contributed by atoms with E-state index in [1.54, 1.807) is 19.2 Å². The number of amides is 1. The third-order valence-electron chi connectivity index (χ3n) is 4.72. The molecule has 0 atom stereocenters. The predicted molar refractivity (Wildman–Crippen MR) is 128 cm³/mol. The quantitative estimate of drug-likeness (QED) is 0.502. The van der Waals surface area contributed by atoms with Gasteiger partial charge < -0.3 is 21.4 Å². The van der Waals surface area contributed by atoms with E-state index in [4.69, 9.17) is 23.1 Å². The van der Waals surface area contributed by atoms with E-state index in [9.17, 15) is 9.59 Å². The lowest BCUT2D eigenvalue weighted by molar-refractivity contribution is 0.100. The van der Waals surface area contributed by atoms with Crippen LogP contribution in [0, 0.1) is 0 Å². The average molecular weight is 445 g/mol. The van der Waals surface area contributed by atoms with Crippen molar-refractivity contribution >= 4 is 39.9 Å². The number of aromatic nitrogens is 3. The number of pyridine rings is 1. The lowest BCUT2D eigenvalue weighted by Gasteiger charge is -2.17. The molecule has 0 fully saturated rings. The van der Waals surface area contributed by atoms with E-state index in [1.807, 2.05) is 30.5 Å². The molecule has 0 spiro atoms. The molecule has 1 amide bonds. The fourth-order valence-corrected chi connectivity index (χ4v) is 3.65. The zero-order valence-corrected chi connectivity index (χ0v) is 19.0. The molecule has 0 aliphatic heterocycles. The maximum Gasteiger partial charge on any atom is 0.260 e. The maximum atomic E-state index is 12.4. The molecule has 0 aliphatic rings. The van der Waals surface area contributed by atoms with Crippen LogP contribution >= 0.6 is 11.6 Å². The number of halogens is 1. The molecule has 3 rings (SSSR count). The minimum absolute atomic E-state index is 0.0138. The molecular formula is C22H29ClN6O2. The summed E-state index contributed by atoms with van der Waals surface area (Å²) in [7, 11) is 1.67. The van der Waals surface area contributed by atoms with E-state index in [-0.39, 0.29) is 23.0 Å². The number of aryl methyl sites for hydroxylation is 2. The van der Waals surface area contributed by atoms with Gasteiger partial charge in [-0.15, -0.1) is 6.58 Å². The minimum atomic E-state index is -0.595. The molecule has 2 heterocycles. The van der Waals surface area contributed by atoms with Crippen LogP contribution in [0.4, 0.5) is 11.6 Å². The molecule has 0 saturated carbocycles. The fourth-order valence-electron chi connectivity index (χ4n) is 3.38. The summed E-state index contributed by atoms with van der Waals surface area (Å²) in [6.45, 7) is 10.2. The van der Waals surface area contributed by atoms with E-state index >= 15 is 0 Å². The first-order valence-corrected chi connectivity index (χ1v) is 10.3.